The molecular weight excluding hydrogens is 236 g/mol. The van der Waals surface area contributed by atoms with Crippen LogP contribution in [0.1, 0.15) is 31.2 Å². The van der Waals surface area contributed by atoms with Crippen LogP contribution in [0, 0.1) is 5.92 Å². The summed E-state index contributed by atoms with van der Waals surface area (Å²) in [5.74, 6) is 0.992. The van der Waals surface area contributed by atoms with E-state index in [4.69, 9.17) is 0 Å². The molecule has 1 heterocycles. The van der Waals surface area contributed by atoms with Gasteiger partial charge in [-0.15, -0.1) is 0 Å². The van der Waals surface area contributed by atoms with E-state index in [0.29, 0.717) is 6.54 Å². The van der Waals surface area contributed by atoms with Crippen molar-refractivity contribution >= 4 is 10.9 Å². The first-order valence-corrected chi connectivity index (χ1v) is 7.14. The largest absolute Gasteiger partial charge is 0.322 e. The van der Waals surface area contributed by atoms with E-state index < -0.39 is 0 Å². The Balaban J connectivity index is 1.59. The highest BCUT2D eigenvalue weighted by atomic mass is 16.1. The van der Waals surface area contributed by atoms with Crippen LogP contribution in [0.5, 0.6) is 0 Å². The van der Waals surface area contributed by atoms with Crippen LogP contribution >= 0.6 is 0 Å². The van der Waals surface area contributed by atoms with E-state index in [9.17, 15) is 4.79 Å². The molecular formula is C16H20N2O. The second-order valence-corrected chi connectivity index (χ2v) is 5.47. The number of rotatable bonds is 6. The monoisotopic (exact) mass is 256 g/mol. The van der Waals surface area contributed by atoms with E-state index in [1.165, 1.54) is 25.7 Å². The van der Waals surface area contributed by atoms with Crippen LogP contribution in [0.4, 0.5) is 0 Å². The van der Waals surface area contributed by atoms with Crippen LogP contribution < -0.4 is 10.9 Å². The first-order valence-electron chi connectivity index (χ1n) is 7.14. The zero-order chi connectivity index (χ0) is 13.1. The fourth-order valence-corrected chi connectivity index (χ4v) is 2.47. The molecule has 0 aliphatic heterocycles. The zero-order valence-corrected chi connectivity index (χ0v) is 11.1. The Bertz CT molecular complexity index is 613. The fourth-order valence-electron chi connectivity index (χ4n) is 2.47. The number of pyridine rings is 1. The Morgan fingerprint density at radius 1 is 1.26 bits per heavy atom. The normalized spacial score (nSPS) is 14.9. The van der Waals surface area contributed by atoms with Gasteiger partial charge in [-0.1, -0.05) is 31.0 Å². The predicted molar refractivity (Wildman–Crippen MR) is 78.2 cm³/mol. The van der Waals surface area contributed by atoms with Crippen LogP contribution in [-0.2, 0) is 6.54 Å². The van der Waals surface area contributed by atoms with Gasteiger partial charge in [-0.2, -0.15) is 0 Å². The standard InChI is InChI=1S/C16H20N2O/c19-16-14(11-17-9-3-4-12-7-8-12)10-13-5-1-2-6-15(13)18-16/h1-2,5-6,10,12,17H,3-4,7-9,11H2,(H,18,19). The molecule has 1 aromatic carbocycles. The van der Waals surface area contributed by atoms with Gasteiger partial charge in [0.05, 0.1) is 0 Å². The van der Waals surface area contributed by atoms with Gasteiger partial charge >= 0.3 is 0 Å². The third-order valence-corrected chi connectivity index (χ3v) is 3.81. The second-order valence-electron chi connectivity index (χ2n) is 5.47. The summed E-state index contributed by atoms with van der Waals surface area (Å²) < 4.78 is 0. The van der Waals surface area contributed by atoms with Crippen molar-refractivity contribution in [3.8, 4) is 0 Å². The van der Waals surface area contributed by atoms with Gasteiger partial charge in [-0.25, -0.2) is 0 Å². The van der Waals surface area contributed by atoms with Gasteiger partial charge in [0.2, 0.25) is 0 Å². The molecule has 2 N–H and O–H groups in total. The molecule has 1 aromatic heterocycles. The smallest absolute Gasteiger partial charge is 0.252 e. The highest BCUT2D eigenvalue weighted by Gasteiger charge is 2.19. The van der Waals surface area contributed by atoms with Crippen LogP contribution in [-0.4, -0.2) is 11.5 Å². The van der Waals surface area contributed by atoms with Crippen molar-refractivity contribution in [2.24, 2.45) is 5.92 Å². The molecule has 0 bridgehead atoms. The van der Waals surface area contributed by atoms with Gasteiger partial charge in [-0.3, -0.25) is 4.79 Å². The van der Waals surface area contributed by atoms with Crippen molar-refractivity contribution < 1.29 is 0 Å². The SMILES string of the molecule is O=c1[nH]c2ccccc2cc1CNCCCC1CC1. The summed E-state index contributed by atoms with van der Waals surface area (Å²) in [6.45, 7) is 1.66. The minimum atomic E-state index is 0.0217. The molecule has 1 aliphatic carbocycles. The maximum atomic E-state index is 11.9. The third-order valence-electron chi connectivity index (χ3n) is 3.81. The molecule has 2 aromatic rings. The summed E-state index contributed by atoms with van der Waals surface area (Å²) in [5, 5.41) is 4.46. The van der Waals surface area contributed by atoms with Gasteiger partial charge in [0.1, 0.15) is 0 Å². The van der Waals surface area contributed by atoms with Crippen molar-refractivity contribution in [3.63, 3.8) is 0 Å². The maximum Gasteiger partial charge on any atom is 0.252 e. The Morgan fingerprint density at radius 3 is 2.95 bits per heavy atom. The lowest BCUT2D eigenvalue weighted by molar-refractivity contribution is 0.592. The quantitative estimate of drug-likeness (QED) is 0.781. The molecule has 1 fully saturated rings. The highest BCUT2D eigenvalue weighted by molar-refractivity contribution is 5.78. The minimum absolute atomic E-state index is 0.0217. The lowest BCUT2D eigenvalue weighted by Gasteiger charge is -2.05. The summed E-state index contributed by atoms with van der Waals surface area (Å²) in [5.41, 5.74) is 1.75. The first kappa shape index (κ1) is 12.4. The molecule has 19 heavy (non-hydrogen) atoms. The summed E-state index contributed by atoms with van der Waals surface area (Å²) in [7, 11) is 0. The Labute approximate surface area is 113 Å². The van der Waals surface area contributed by atoms with Crippen molar-refractivity contribution in [2.45, 2.75) is 32.2 Å². The van der Waals surface area contributed by atoms with Crippen LogP contribution in [0.25, 0.3) is 10.9 Å². The van der Waals surface area contributed by atoms with Crippen molar-refractivity contribution in [1.29, 1.82) is 0 Å². The van der Waals surface area contributed by atoms with Gasteiger partial charge < -0.3 is 10.3 Å². The van der Waals surface area contributed by atoms with E-state index in [0.717, 1.165) is 28.9 Å². The molecule has 0 radical (unpaired) electrons. The first-order chi connectivity index (χ1) is 9.33. The molecule has 1 aliphatic rings. The minimum Gasteiger partial charge on any atom is -0.322 e. The number of hydrogen-bond acceptors (Lipinski definition) is 2. The number of nitrogens with one attached hydrogen (secondary N) is 2. The third kappa shape index (κ3) is 3.24. The summed E-state index contributed by atoms with van der Waals surface area (Å²) in [6, 6.07) is 9.88. The average molecular weight is 256 g/mol. The molecule has 3 rings (SSSR count). The number of aromatic amines is 1. The van der Waals surface area contributed by atoms with E-state index >= 15 is 0 Å². The second kappa shape index (κ2) is 5.57. The number of aromatic nitrogens is 1. The molecule has 1 saturated carbocycles. The molecule has 100 valence electrons. The molecule has 0 unspecified atom stereocenters. The van der Waals surface area contributed by atoms with Gasteiger partial charge in [0.25, 0.3) is 5.56 Å². The predicted octanol–water partition coefficient (Wildman–Crippen LogP) is 2.81. The molecule has 3 nitrogen and oxygen atoms in total. The highest BCUT2D eigenvalue weighted by Crippen LogP contribution is 2.33. The van der Waals surface area contributed by atoms with Crippen LogP contribution in [0.2, 0.25) is 0 Å². The topological polar surface area (TPSA) is 44.9 Å². The van der Waals surface area contributed by atoms with Crippen LogP contribution in [0.15, 0.2) is 35.1 Å². The maximum absolute atomic E-state index is 11.9. The van der Waals surface area contributed by atoms with E-state index in [1.807, 2.05) is 30.3 Å². The molecule has 0 saturated heterocycles. The number of para-hydroxylation sites is 1. The zero-order valence-electron chi connectivity index (χ0n) is 11.1. The molecule has 0 atom stereocenters. The van der Waals surface area contributed by atoms with Crippen molar-refractivity contribution in [3.05, 3.63) is 46.2 Å². The number of fused-ring (bicyclic) bond motifs is 1. The van der Waals surface area contributed by atoms with Crippen LogP contribution in [0.3, 0.4) is 0 Å². The summed E-state index contributed by atoms with van der Waals surface area (Å²) in [6.07, 6.45) is 5.39. The Kier molecular flexibility index (Phi) is 3.65. The van der Waals surface area contributed by atoms with E-state index in [1.54, 1.807) is 0 Å². The number of hydrogen-bond donors (Lipinski definition) is 2. The number of H-pyrrole nitrogens is 1. The lowest BCUT2D eigenvalue weighted by Crippen LogP contribution is -2.21. The molecule has 0 spiro atoms. The molecule has 0 amide bonds. The Hall–Kier alpha value is -1.61. The summed E-state index contributed by atoms with van der Waals surface area (Å²) in [4.78, 5) is 14.9. The summed E-state index contributed by atoms with van der Waals surface area (Å²) >= 11 is 0. The van der Waals surface area contributed by atoms with E-state index in [2.05, 4.69) is 10.3 Å². The fraction of sp³-hybridized carbons (Fsp3) is 0.438. The van der Waals surface area contributed by atoms with E-state index in [-0.39, 0.29) is 5.56 Å². The van der Waals surface area contributed by atoms with Gasteiger partial charge in [0, 0.05) is 17.6 Å². The van der Waals surface area contributed by atoms with Gasteiger partial charge in [0.15, 0.2) is 0 Å². The van der Waals surface area contributed by atoms with Gasteiger partial charge in [-0.05, 0) is 42.8 Å². The Morgan fingerprint density at radius 2 is 2.11 bits per heavy atom. The lowest BCUT2D eigenvalue weighted by atomic mass is 10.1. The van der Waals surface area contributed by atoms with Crippen molar-refractivity contribution in [1.82, 2.24) is 10.3 Å². The number of benzene rings is 1. The average Bonchev–Trinajstić information content (AvgIpc) is 3.23. The molecule has 3 heteroatoms. The van der Waals surface area contributed by atoms with Crippen molar-refractivity contribution in [2.75, 3.05) is 6.54 Å².